The van der Waals surface area contributed by atoms with Crippen LogP contribution in [0.25, 0.3) is 0 Å². The number of fused-ring (bicyclic) bond motifs is 1. The molecule has 0 saturated carbocycles. The van der Waals surface area contributed by atoms with Crippen LogP contribution in [0.1, 0.15) is 58.6 Å². The fourth-order valence-electron chi connectivity index (χ4n) is 4.95. The Morgan fingerprint density at radius 2 is 1.64 bits per heavy atom. The molecule has 2 aromatic carbocycles. The molecule has 0 aliphatic carbocycles. The Bertz CT molecular complexity index is 1030. The van der Waals surface area contributed by atoms with Crippen LogP contribution in [0.3, 0.4) is 0 Å². The Morgan fingerprint density at radius 3 is 2.33 bits per heavy atom. The predicted octanol–water partition coefficient (Wildman–Crippen LogP) is 4.74. The number of benzene rings is 2. The summed E-state index contributed by atoms with van der Waals surface area (Å²) in [5.74, 6) is 3.31. The number of hydrogen-bond acceptors (Lipinski definition) is 3. The van der Waals surface area contributed by atoms with Crippen LogP contribution in [0, 0.1) is 12.3 Å². The van der Waals surface area contributed by atoms with Gasteiger partial charge in [-0.2, -0.15) is 0 Å². The number of Topliss-reactive ketones (excluding diaryl/α,β-unsaturated/α-hetero) is 1. The van der Waals surface area contributed by atoms with E-state index in [9.17, 15) is 9.59 Å². The molecule has 172 valence electrons. The van der Waals surface area contributed by atoms with E-state index in [1.807, 2.05) is 29.2 Å². The van der Waals surface area contributed by atoms with Crippen molar-refractivity contribution in [2.75, 3.05) is 32.7 Å². The van der Waals surface area contributed by atoms with Crippen LogP contribution in [0.4, 0.5) is 0 Å². The quantitative estimate of drug-likeness (QED) is 0.459. The number of ketones is 1. The monoisotopic (exact) mass is 462 g/mol. The fourth-order valence-corrected chi connectivity index (χ4v) is 5.08. The van der Waals surface area contributed by atoms with Gasteiger partial charge in [0.05, 0.1) is 6.54 Å². The molecule has 2 aliphatic heterocycles. The first-order valence-corrected chi connectivity index (χ1v) is 12.3. The summed E-state index contributed by atoms with van der Waals surface area (Å²) < 4.78 is 0. The molecule has 0 radical (unpaired) electrons. The van der Waals surface area contributed by atoms with Crippen molar-refractivity contribution in [2.45, 2.75) is 44.4 Å². The van der Waals surface area contributed by atoms with Crippen LogP contribution in [0.5, 0.6) is 0 Å². The molecule has 0 unspecified atom stereocenters. The third-order valence-corrected chi connectivity index (χ3v) is 7.24. The second-order valence-corrected chi connectivity index (χ2v) is 9.53. The van der Waals surface area contributed by atoms with Gasteiger partial charge in [0, 0.05) is 49.6 Å². The number of likely N-dealkylation sites (tertiary alicyclic amines) is 1. The molecule has 4 nitrogen and oxygen atoms in total. The normalized spacial score (nSPS) is 17.2. The van der Waals surface area contributed by atoms with Gasteiger partial charge in [-0.1, -0.05) is 41.8 Å². The van der Waals surface area contributed by atoms with Gasteiger partial charge in [-0.15, -0.1) is 6.42 Å². The average Bonchev–Trinajstić information content (AvgIpc) is 3.05. The summed E-state index contributed by atoms with van der Waals surface area (Å²) in [6, 6.07) is 14.0. The largest absolute Gasteiger partial charge is 0.343 e. The lowest BCUT2D eigenvalue weighted by Crippen LogP contribution is -2.38. The van der Waals surface area contributed by atoms with E-state index in [2.05, 4.69) is 29.0 Å². The van der Waals surface area contributed by atoms with Crippen LogP contribution in [0.15, 0.2) is 42.5 Å². The highest BCUT2D eigenvalue weighted by molar-refractivity contribution is 6.30. The van der Waals surface area contributed by atoms with Crippen molar-refractivity contribution in [1.82, 2.24) is 9.80 Å². The number of hydrogen-bond donors (Lipinski definition) is 0. The highest BCUT2D eigenvalue weighted by Crippen LogP contribution is 2.29. The molecule has 0 N–H and O–H groups in total. The van der Waals surface area contributed by atoms with Gasteiger partial charge in [-0.3, -0.25) is 14.5 Å². The van der Waals surface area contributed by atoms with Gasteiger partial charge in [-0.05, 0) is 66.5 Å². The highest BCUT2D eigenvalue weighted by atomic mass is 35.5. The number of carbonyl (C=O) groups is 2. The van der Waals surface area contributed by atoms with Crippen LogP contribution >= 0.6 is 11.6 Å². The van der Waals surface area contributed by atoms with Gasteiger partial charge in [0.1, 0.15) is 0 Å². The van der Waals surface area contributed by atoms with Gasteiger partial charge in [0.25, 0.3) is 0 Å². The van der Waals surface area contributed by atoms with Gasteiger partial charge < -0.3 is 4.90 Å². The van der Waals surface area contributed by atoms with E-state index in [1.54, 1.807) is 0 Å². The van der Waals surface area contributed by atoms with Crippen molar-refractivity contribution >= 4 is 23.3 Å². The lowest BCUT2D eigenvalue weighted by atomic mass is 9.89. The Hall–Kier alpha value is -2.61. The van der Waals surface area contributed by atoms with E-state index < -0.39 is 0 Å². The zero-order valence-electron chi connectivity index (χ0n) is 19.1. The van der Waals surface area contributed by atoms with Crippen LogP contribution in [-0.2, 0) is 17.6 Å². The molecular weight excluding hydrogens is 432 g/mol. The second-order valence-electron chi connectivity index (χ2n) is 9.09. The number of amides is 1. The fraction of sp³-hybridized carbons (Fsp3) is 0.429. The molecule has 33 heavy (non-hydrogen) atoms. The molecule has 2 aromatic rings. The molecule has 0 bridgehead atoms. The summed E-state index contributed by atoms with van der Waals surface area (Å²) in [5, 5.41) is 0.747. The standard InChI is InChI=1S/C28H31ClN2O2/c1-2-15-30-16-11-22-3-4-25(20-24(22)12-17-30)27(32)9-10-28(33)31-18-13-23(14-19-31)21-5-7-26(29)8-6-21/h1,3-8,20,23H,9-19H2. The summed E-state index contributed by atoms with van der Waals surface area (Å²) in [4.78, 5) is 29.7. The van der Waals surface area contributed by atoms with E-state index in [0.717, 1.165) is 56.9 Å². The molecular formula is C28H31ClN2O2. The number of terminal acetylenes is 1. The molecule has 4 rings (SSSR count). The first-order chi connectivity index (χ1) is 16.0. The third kappa shape index (κ3) is 6.05. The predicted molar refractivity (Wildman–Crippen MR) is 133 cm³/mol. The van der Waals surface area contributed by atoms with Crippen molar-refractivity contribution in [3.63, 3.8) is 0 Å². The minimum Gasteiger partial charge on any atom is -0.343 e. The maximum absolute atomic E-state index is 12.8. The molecule has 0 aromatic heterocycles. The molecule has 1 saturated heterocycles. The molecule has 1 amide bonds. The molecule has 1 fully saturated rings. The van der Waals surface area contributed by atoms with Crippen molar-refractivity contribution in [3.8, 4) is 12.3 Å². The zero-order valence-corrected chi connectivity index (χ0v) is 19.8. The van der Waals surface area contributed by atoms with Crippen LogP contribution in [-0.4, -0.2) is 54.2 Å². The lowest BCUT2D eigenvalue weighted by molar-refractivity contribution is -0.132. The number of rotatable bonds is 6. The van der Waals surface area contributed by atoms with Gasteiger partial charge >= 0.3 is 0 Å². The summed E-state index contributed by atoms with van der Waals surface area (Å²) >= 11 is 5.99. The number of nitrogens with zero attached hydrogens (tertiary/aromatic N) is 2. The smallest absolute Gasteiger partial charge is 0.223 e. The maximum atomic E-state index is 12.8. The van der Waals surface area contributed by atoms with E-state index in [0.29, 0.717) is 18.0 Å². The van der Waals surface area contributed by atoms with E-state index in [1.165, 1.54) is 16.7 Å². The van der Waals surface area contributed by atoms with Gasteiger partial charge in [0.2, 0.25) is 5.91 Å². The summed E-state index contributed by atoms with van der Waals surface area (Å²) in [6.45, 7) is 4.02. The Kier molecular flexibility index (Phi) is 7.85. The van der Waals surface area contributed by atoms with E-state index in [4.69, 9.17) is 18.0 Å². The van der Waals surface area contributed by atoms with Gasteiger partial charge in [-0.25, -0.2) is 0 Å². The van der Waals surface area contributed by atoms with Crippen molar-refractivity contribution in [3.05, 3.63) is 69.7 Å². The van der Waals surface area contributed by atoms with Crippen LogP contribution in [0.2, 0.25) is 5.02 Å². The Morgan fingerprint density at radius 1 is 0.939 bits per heavy atom. The molecule has 2 heterocycles. The molecule has 0 spiro atoms. The third-order valence-electron chi connectivity index (χ3n) is 6.99. The molecule has 0 atom stereocenters. The summed E-state index contributed by atoms with van der Waals surface area (Å²) in [6.07, 6.45) is 9.75. The maximum Gasteiger partial charge on any atom is 0.223 e. The lowest BCUT2D eigenvalue weighted by Gasteiger charge is -2.32. The zero-order chi connectivity index (χ0) is 23.2. The second kappa shape index (κ2) is 11.0. The first kappa shape index (κ1) is 23.5. The number of piperidine rings is 1. The molecule has 2 aliphatic rings. The van der Waals surface area contributed by atoms with Crippen molar-refractivity contribution in [1.29, 1.82) is 0 Å². The van der Waals surface area contributed by atoms with E-state index >= 15 is 0 Å². The Labute approximate surface area is 201 Å². The van der Waals surface area contributed by atoms with Crippen LogP contribution < -0.4 is 0 Å². The SMILES string of the molecule is C#CCN1CCc2ccc(C(=O)CCC(=O)N3CCC(c4ccc(Cl)cc4)CC3)cc2CC1. The average molecular weight is 463 g/mol. The molecule has 5 heteroatoms. The summed E-state index contributed by atoms with van der Waals surface area (Å²) in [5.41, 5.74) is 4.53. The number of carbonyl (C=O) groups excluding carboxylic acids is 2. The minimum atomic E-state index is 0.0481. The van der Waals surface area contributed by atoms with Crippen molar-refractivity contribution < 1.29 is 9.59 Å². The summed E-state index contributed by atoms with van der Waals surface area (Å²) in [7, 11) is 0. The topological polar surface area (TPSA) is 40.6 Å². The van der Waals surface area contributed by atoms with Crippen molar-refractivity contribution in [2.24, 2.45) is 0 Å². The first-order valence-electron chi connectivity index (χ1n) is 11.9. The van der Waals surface area contributed by atoms with Gasteiger partial charge in [0.15, 0.2) is 5.78 Å². The Balaban J connectivity index is 1.27. The number of halogens is 1. The van der Waals surface area contributed by atoms with E-state index in [-0.39, 0.29) is 24.5 Å². The minimum absolute atomic E-state index is 0.0481. The highest BCUT2D eigenvalue weighted by Gasteiger charge is 2.24.